The first-order valence-corrected chi connectivity index (χ1v) is 13.0. The van der Waals surface area contributed by atoms with Crippen molar-refractivity contribution < 1.29 is 44.3 Å². The van der Waals surface area contributed by atoms with Crippen LogP contribution in [0.25, 0.3) is 5.76 Å². The summed E-state index contributed by atoms with van der Waals surface area (Å²) in [7, 11) is 0. The Kier molecular flexibility index (Phi) is 6.33. The van der Waals surface area contributed by atoms with E-state index in [9.17, 15) is 39.6 Å². The molecule has 2 saturated carbocycles. The van der Waals surface area contributed by atoms with Crippen LogP contribution in [0.15, 0.2) is 35.1 Å². The van der Waals surface area contributed by atoms with Crippen molar-refractivity contribution in [1.82, 2.24) is 0 Å². The molecule has 5 rings (SSSR count). The van der Waals surface area contributed by atoms with E-state index in [1.54, 1.807) is 19.1 Å². The Balaban J connectivity index is 1.70. The number of hydrogen-bond acceptors (Lipinski definition) is 9. The Hall–Kier alpha value is -3.66. The van der Waals surface area contributed by atoms with E-state index in [0.29, 0.717) is 18.4 Å². The third-order valence-corrected chi connectivity index (χ3v) is 8.78. The molecule has 0 heterocycles. The lowest BCUT2D eigenvalue weighted by atomic mass is 9.55. The van der Waals surface area contributed by atoms with Crippen LogP contribution in [0.1, 0.15) is 68.9 Å². The third kappa shape index (κ3) is 3.65. The number of phenolic OH excluding ortho intramolecular Hbond substituents is 1. The molecule has 1 aromatic rings. The molecule has 6 N–H and O–H groups in total. The maximum atomic E-state index is 13.9. The molecule has 0 aromatic heterocycles. The van der Waals surface area contributed by atoms with Crippen LogP contribution in [0.4, 0.5) is 0 Å². The first-order chi connectivity index (χ1) is 18.0. The van der Waals surface area contributed by atoms with E-state index >= 15 is 0 Å². The quantitative estimate of drug-likeness (QED) is 0.225. The number of carbonyl (C=O) groups is 4. The van der Waals surface area contributed by atoms with Crippen molar-refractivity contribution in [1.29, 1.82) is 0 Å². The van der Waals surface area contributed by atoms with Gasteiger partial charge in [0, 0.05) is 23.8 Å². The van der Waals surface area contributed by atoms with Gasteiger partial charge in [0.1, 0.15) is 28.9 Å². The van der Waals surface area contributed by atoms with Gasteiger partial charge in [-0.2, -0.15) is 0 Å². The number of amides is 1. The van der Waals surface area contributed by atoms with Crippen molar-refractivity contribution in [3.05, 3.63) is 46.2 Å². The summed E-state index contributed by atoms with van der Waals surface area (Å²) in [5, 5.41) is 44.5. The molecule has 10 nitrogen and oxygen atoms in total. The number of aliphatic hydroxyl groups excluding tert-OH is 2. The number of esters is 1. The van der Waals surface area contributed by atoms with Crippen LogP contribution in [0.2, 0.25) is 0 Å². The lowest BCUT2D eigenvalue weighted by Crippen LogP contribution is -2.64. The molecular weight excluding hydrogens is 494 g/mol. The number of nitrogens with two attached hydrogens (primary N) is 1. The number of primary amides is 1. The van der Waals surface area contributed by atoms with Gasteiger partial charge < -0.3 is 30.9 Å². The molecule has 4 aliphatic carbocycles. The van der Waals surface area contributed by atoms with Crippen molar-refractivity contribution in [2.24, 2.45) is 23.5 Å². The molecule has 38 heavy (non-hydrogen) atoms. The molecule has 0 radical (unpaired) electrons. The minimum atomic E-state index is -2.85. The van der Waals surface area contributed by atoms with E-state index in [0.717, 1.165) is 25.7 Å². The summed E-state index contributed by atoms with van der Waals surface area (Å²) in [4.78, 5) is 52.2. The van der Waals surface area contributed by atoms with E-state index in [2.05, 4.69) is 0 Å². The number of hydrogen-bond donors (Lipinski definition) is 5. The maximum absolute atomic E-state index is 13.9. The molecule has 4 aliphatic rings. The number of aromatic hydroxyl groups is 1. The minimum absolute atomic E-state index is 0.0130. The smallest absolute Gasteiger partial charge is 0.309 e. The molecule has 0 saturated heterocycles. The van der Waals surface area contributed by atoms with Crippen molar-refractivity contribution in [2.75, 3.05) is 0 Å². The average molecular weight is 526 g/mol. The molecule has 5 unspecified atom stereocenters. The Labute approximate surface area is 218 Å². The van der Waals surface area contributed by atoms with Gasteiger partial charge in [0.05, 0.1) is 11.5 Å². The van der Waals surface area contributed by atoms with Gasteiger partial charge >= 0.3 is 5.97 Å². The Bertz CT molecular complexity index is 1300. The highest BCUT2D eigenvalue weighted by Crippen LogP contribution is 2.56. The zero-order valence-electron chi connectivity index (χ0n) is 21.0. The first-order valence-electron chi connectivity index (χ1n) is 13.0. The molecule has 202 valence electrons. The van der Waals surface area contributed by atoms with Crippen LogP contribution < -0.4 is 5.73 Å². The number of benzene rings is 1. The first kappa shape index (κ1) is 26.0. The number of ketones is 2. The molecule has 0 aliphatic heterocycles. The normalized spacial score (nSPS) is 31.7. The fraction of sp³-hybridized carbons (Fsp3) is 0.500. The molecule has 1 amide bonds. The van der Waals surface area contributed by atoms with E-state index in [4.69, 9.17) is 10.5 Å². The number of aliphatic hydroxyl groups is 3. The number of rotatable bonds is 3. The predicted octanol–water partition coefficient (Wildman–Crippen LogP) is 2.48. The fourth-order valence-electron chi connectivity index (χ4n) is 6.83. The van der Waals surface area contributed by atoms with Crippen LogP contribution in [0.3, 0.4) is 0 Å². The second kappa shape index (κ2) is 9.27. The van der Waals surface area contributed by atoms with Crippen LogP contribution in [0, 0.1) is 17.8 Å². The molecule has 10 heteroatoms. The van der Waals surface area contributed by atoms with E-state index in [1.807, 2.05) is 0 Å². The topological polar surface area (TPSA) is 184 Å². The number of Topliss-reactive ketones (excluding diaryl/α,β-unsaturated/α-hetero) is 2. The van der Waals surface area contributed by atoms with Crippen LogP contribution in [-0.2, 0) is 23.9 Å². The SMILES string of the molecule is CC1c2cccc(O)c2C(O)=C2C(=O)C3(O)C(O)=C(C(N)=O)C(=O)CC3C(OC(=O)C3CCCCCC3)C21. The molecule has 1 aromatic carbocycles. The summed E-state index contributed by atoms with van der Waals surface area (Å²) in [6, 6.07) is 4.57. The molecule has 0 spiro atoms. The van der Waals surface area contributed by atoms with Crippen LogP contribution in [0.5, 0.6) is 5.75 Å². The third-order valence-electron chi connectivity index (χ3n) is 8.78. The summed E-state index contributed by atoms with van der Waals surface area (Å²) < 4.78 is 6.03. The van der Waals surface area contributed by atoms with Gasteiger partial charge in [-0.1, -0.05) is 44.7 Å². The molecular formula is C28H31NO9. The Morgan fingerprint density at radius 3 is 2.34 bits per heavy atom. The number of fused-ring (bicyclic) bond motifs is 3. The number of phenols is 1. The summed E-state index contributed by atoms with van der Waals surface area (Å²) >= 11 is 0. The van der Waals surface area contributed by atoms with Gasteiger partial charge in [-0.05, 0) is 30.4 Å². The van der Waals surface area contributed by atoms with Crippen LogP contribution >= 0.6 is 0 Å². The Morgan fingerprint density at radius 1 is 1.05 bits per heavy atom. The summed E-state index contributed by atoms with van der Waals surface area (Å²) in [6.45, 7) is 1.73. The summed E-state index contributed by atoms with van der Waals surface area (Å²) in [6.07, 6.45) is 3.01. The minimum Gasteiger partial charge on any atom is -0.508 e. The largest absolute Gasteiger partial charge is 0.508 e. The standard InChI is InChI=1S/C28H31NO9/c1-12-14-9-6-10-16(30)19(14)22(32)21-18(12)23(38-27(36)13-7-4-2-3-5-8-13)15-11-17(31)20(26(29)35)24(33)28(15,37)25(21)34/h6,9-10,12-13,15,18,23,30,32-33,37H,2-5,7-8,11H2,1H3,(H2,29,35). The maximum Gasteiger partial charge on any atom is 0.309 e. The highest BCUT2D eigenvalue weighted by atomic mass is 16.5. The highest BCUT2D eigenvalue weighted by molar-refractivity contribution is 6.23. The van der Waals surface area contributed by atoms with Gasteiger partial charge in [0.25, 0.3) is 5.91 Å². The lowest BCUT2D eigenvalue weighted by molar-refractivity contribution is -0.181. The fourth-order valence-corrected chi connectivity index (χ4v) is 6.83. The summed E-state index contributed by atoms with van der Waals surface area (Å²) in [5.41, 5.74) is 1.65. The van der Waals surface area contributed by atoms with Gasteiger partial charge in [0.15, 0.2) is 11.4 Å². The van der Waals surface area contributed by atoms with E-state index in [-0.39, 0.29) is 16.9 Å². The molecule has 5 atom stereocenters. The van der Waals surface area contributed by atoms with Crippen molar-refractivity contribution in [3.8, 4) is 5.75 Å². The van der Waals surface area contributed by atoms with Crippen molar-refractivity contribution >= 4 is 29.2 Å². The molecule has 2 fully saturated rings. The van der Waals surface area contributed by atoms with Crippen LogP contribution in [-0.4, -0.2) is 55.6 Å². The van der Waals surface area contributed by atoms with E-state index in [1.165, 1.54) is 6.07 Å². The van der Waals surface area contributed by atoms with Gasteiger partial charge in [-0.25, -0.2) is 0 Å². The lowest BCUT2D eigenvalue weighted by Gasteiger charge is -2.51. The summed E-state index contributed by atoms with van der Waals surface area (Å²) in [5.74, 6) is -9.47. The second-order valence-electron chi connectivity index (χ2n) is 10.8. The number of carbonyl (C=O) groups excluding carboxylic acids is 4. The average Bonchev–Trinajstić information content (AvgIpc) is 3.15. The van der Waals surface area contributed by atoms with Gasteiger partial charge in [0.2, 0.25) is 5.78 Å². The highest BCUT2D eigenvalue weighted by Gasteiger charge is 2.66. The number of ether oxygens (including phenoxy) is 1. The van der Waals surface area contributed by atoms with Gasteiger partial charge in [-0.15, -0.1) is 0 Å². The second-order valence-corrected chi connectivity index (χ2v) is 10.8. The predicted molar refractivity (Wildman–Crippen MR) is 133 cm³/mol. The van der Waals surface area contributed by atoms with E-state index < -0.39 is 82.3 Å². The van der Waals surface area contributed by atoms with Crippen molar-refractivity contribution in [3.63, 3.8) is 0 Å². The van der Waals surface area contributed by atoms with Gasteiger partial charge in [-0.3, -0.25) is 19.2 Å². The Morgan fingerprint density at radius 2 is 1.71 bits per heavy atom. The van der Waals surface area contributed by atoms with Crippen molar-refractivity contribution in [2.45, 2.75) is 69.5 Å². The monoisotopic (exact) mass is 525 g/mol. The zero-order chi connectivity index (χ0) is 27.5. The zero-order valence-corrected chi connectivity index (χ0v) is 21.0. The molecule has 0 bridgehead atoms.